The van der Waals surface area contributed by atoms with E-state index in [1.807, 2.05) is 6.34 Å². The lowest BCUT2D eigenvalue weighted by atomic mass is 10.2. The van der Waals surface area contributed by atoms with Gasteiger partial charge < -0.3 is 4.90 Å². The van der Waals surface area contributed by atoms with Crippen molar-refractivity contribution in [2.24, 2.45) is 11.0 Å². The van der Waals surface area contributed by atoms with Crippen LogP contribution in [0.1, 0.15) is 13.8 Å². The monoisotopic (exact) mass is 205 g/mol. The van der Waals surface area contributed by atoms with E-state index < -0.39 is 0 Å². The molecule has 1 rings (SSSR count). The van der Waals surface area contributed by atoms with Crippen molar-refractivity contribution in [1.29, 1.82) is 0 Å². The van der Waals surface area contributed by atoms with Gasteiger partial charge in [0.25, 0.3) is 0 Å². The molecular weight excluding hydrogens is 194 g/mol. The minimum Gasteiger partial charge on any atom is -0.330 e. The summed E-state index contributed by atoms with van der Waals surface area (Å²) < 4.78 is 0. The quantitative estimate of drug-likeness (QED) is 0.542. The van der Waals surface area contributed by atoms with Gasteiger partial charge in [-0.2, -0.15) is 5.10 Å². The van der Waals surface area contributed by atoms with Crippen molar-refractivity contribution in [1.82, 2.24) is 10.3 Å². The van der Waals surface area contributed by atoms with Crippen LogP contribution in [0.2, 0.25) is 0 Å². The molecule has 0 aliphatic carbocycles. The van der Waals surface area contributed by atoms with E-state index in [2.05, 4.69) is 45.2 Å². The van der Waals surface area contributed by atoms with Crippen LogP contribution in [0.3, 0.4) is 0 Å². The van der Waals surface area contributed by atoms with Crippen molar-refractivity contribution in [3.05, 3.63) is 0 Å². The van der Waals surface area contributed by atoms with Crippen LogP contribution in [-0.2, 0) is 0 Å². The summed E-state index contributed by atoms with van der Waals surface area (Å²) in [5.74, 6) is 0.673. The lowest BCUT2D eigenvalue weighted by Crippen LogP contribution is -2.33. The van der Waals surface area contributed by atoms with Gasteiger partial charge in [0, 0.05) is 6.54 Å². The van der Waals surface area contributed by atoms with Gasteiger partial charge in [0.1, 0.15) is 6.34 Å². The lowest BCUT2D eigenvalue weighted by Gasteiger charge is -2.20. The first-order valence-corrected chi connectivity index (χ1v) is 4.30. The lowest BCUT2D eigenvalue weighted by molar-refractivity contribution is 0.358. The molecule has 3 nitrogen and oxygen atoms in total. The third kappa shape index (κ3) is 1.87. The topological polar surface area (TPSA) is 27.6 Å². The Morgan fingerprint density at radius 2 is 2.50 bits per heavy atom. The molecule has 1 N–H and O–H groups in total. The average Bonchev–Trinajstić information content (AvgIpc) is 2.15. The number of alkyl halides is 1. The minimum atomic E-state index is 0.190. The largest absolute Gasteiger partial charge is 0.330 e. The van der Waals surface area contributed by atoms with Gasteiger partial charge >= 0.3 is 0 Å². The van der Waals surface area contributed by atoms with Crippen LogP contribution in [0.5, 0.6) is 0 Å². The molecule has 1 aliphatic rings. The summed E-state index contributed by atoms with van der Waals surface area (Å²) in [6.45, 7) is 5.41. The van der Waals surface area contributed by atoms with E-state index in [4.69, 9.17) is 0 Å². The van der Waals surface area contributed by atoms with Crippen LogP contribution in [0.4, 0.5) is 0 Å². The second-order valence-electron chi connectivity index (χ2n) is 2.80. The Morgan fingerprint density at radius 1 is 1.80 bits per heavy atom. The summed E-state index contributed by atoms with van der Waals surface area (Å²) in [6.07, 6.45) is 1.82. The van der Waals surface area contributed by atoms with E-state index in [0.717, 1.165) is 6.54 Å². The first-order valence-electron chi connectivity index (χ1n) is 3.38. The van der Waals surface area contributed by atoms with Gasteiger partial charge in [-0.25, -0.2) is 0 Å². The Bertz CT molecular complexity index is 135. The molecule has 58 valence electrons. The second-order valence-corrected chi connectivity index (χ2v) is 3.67. The molecule has 0 aromatic heterocycles. The molecule has 0 amide bonds. The Balaban J connectivity index is 2.33. The fourth-order valence-corrected chi connectivity index (χ4v) is 1.25. The Kier molecular flexibility index (Phi) is 2.54. The average molecular weight is 206 g/mol. The van der Waals surface area contributed by atoms with Crippen LogP contribution >= 0.6 is 15.9 Å². The third-order valence-electron chi connectivity index (χ3n) is 1.25. The summed E-state index contributed by atoms with van der Waals surface area (Å²) in [5.41, 5.74) is 2.89. The SMILES string of the molecule is CC(C)CN1C=NNC1Br. The number of hydrogen-bond donors (Lipinski definition) is 1. The number of halogens is 1. The first kappa shape index (κ1) is 7.85. The van der Waals surface area contributed by atoms with Gasteiger partial charge in [-0.3, -0.25) is 5.43 Å². The molecule has 1 heterocycles. The van der Waals surface area contributed by atoms with Crippen molar-refractivity contribution in [2.75, 3.05) is 6.54 Å². The smallest absolute Gasteiger partial charge is 0.172 e. The van der Waals surface area contributed by atoms with Gasteiger partial charge in [-0.05, 0) is 21.8 Å². The van der Waals surface area contributed by atoms with Crippen molar-refractivity contribution >= 4 is 22.3 Å². The number of hydrazone groups is 1. The highest BCUT2D eigenvalue weighted by atomic mass is 79.9. The second kappa shape index (κ2) is 3.23. The zero-order valence-electron chi connectivity index (χ0n) is 6.21. The molecule has 0 saturated heterocycles. The van der Waals surface area contributed by atoms with Gasteiger partial charge in [0.15, 0.2) is 5.08 Å². The standard InChI is InChI=1S/C6H12BrN3/c1-5(2)3-10-4-8-9-6(10)7/h4-6,9H,3H2,1-2H3. The minimum absolute atomic E-state index is 0.190. The van der Waals surface area contributed by atoms with E-state index in [0.29, 0.717) is 5.92 Å². The number of rotatable bonds is 2. The summed E-state index contributed by atoms with van der Waals surface area (Å²) >= 11 is 3.42. The Hall–Kier alpha value is -0.250. The zero-order valence-corrected chi connectivity index (χ0v) is 7.80. The van der Waals surface area contributed by atoms with Crippen LogP contribution in [0.25, 0.3) is 0 Å². The molecule has 0 aromatic rings. The van der Waals surface area contributed by atoms with Crippen molar-refractivity contribution in [2.45, 2.75) is 18.9 Å². The highest BCUT2D eigenvalue weighted by Gasteiger charge is 2.16. The molecular formula is C6H12BrN3. The molecule has 1 aliphatic heterocycles. The number of nitrogens with one attached hydrogen (secondary N) is 1. The maximum atomic E-state index is 3.90. The van der Waals surface area contributed by atoms with E-state index in [1.165, 1.54) is 0 Å². The molecule has 0 radical (unpaired) electrons. The molecule has 0 saturated carbocycles. The van der Waals surface area contributed by atoms with E-state index >= 15 is 0 Å². The Morgan fingerprint density at radius 3 is 2.90 bits per heavy atom. The van der Waals surface area contributed by atoms with E-state index in [1.54, 1.807) is 0 Å². The molecule has 10 heavy (non-hydrogen) atoms. The van der Waals surface area contributed by atoms with Crippen molar-refractivity contribution < 1.29 is 0 Å². The van der Waals surface area contributed by atoms with Crippen LogP contribution in [-0.4, -0.2) is 22.9 Å². The van der Waals surface area contributed by atoms with Gasteiger partial charge in [-0.1, -0.05) is 13.8 Å². The number of hydrogen-bond acceptors (Lipinski definition) is 3. The molecule has 1 atom stereocenters. The maximum absolute atomic E-state index is 3.90. The Labute approximate surface area is 69.6 Å². The predicted molar refractivity (Wildman–Crippen MR) is 45.9 cm³/mol. The molecule has 0 bridgehead atoms. The van der Waals surface area contributed by atoms with Crippen molar-refractivity contribution in [3.63, 3.8) is 0 Å². The zero-order chi connectivity index (χ0) is 7.56. The highest BCUT2D eigenvalue weighted by molar-refractivity contribution is 9.09. The predicted octanol–water partition coefficient (Wildman–Crippen LogP) is 1.17. The molecule has 0 fully saturated rings. The van der Waals surface area contributed by atoms with Crippen LogP contribution in [0, 0.1) is 5.92 Å². The van der Waals surface area contributed by atoms with Gasteiger partial charge in [0.2, 0.25) is 0 Å². The van der Waals surface area contributed by atoms with E-state index in [9.17, 15) is 0 Å². The summed E-state index contributed by atoms with van der Waals surface area (Å²) in [5, 5.41) is 4.09. The summed E-state index contributed by atoms with van der Waals surface area (Å²) in [7, 11) is 0. The van der Waals surface area contributed by atoms with Crippen LogP contribution < -0.4 is 5.43 Å². The maximum Gasteiger partial charge on any atom is 0.172 e. The summed E-state index contributed by atoms with van der Waals surface area (Å²) in [6, 6.07) is 0. The molecule has 1 unspecified atom stereocenters. The first-order chi connectivity index (χ1) is 4.70. The van der Waals surface area contributed by atoms with Gasteiger partial charge in [-0.15, -0.1) is 0 Å². The van der Waals surface area contributed by atoms with Crippen molar-refractivity contribution in [3.8, 4) is 0 Å². The normalized spacial score (nSPS) is 24.0. The molecule has 0 aromatic carbocycles. The highest BCUT2D eigenvalue weighted by Crippen LogP contribution is 2.08. The van der Waals surface area contributed by atoms with E-state index in [-0.39, 0.29) is 5.08 Å². The molecule has 4 heteroatoms. The molecule has 0 spiro atoms. The fraction of sp³-hybridized carbons (Fsp3) is 0.833. The third-order valence-corrected chi connectivity index (χ3v) is 1.98. The number of nitrogens with zero attached hydrogens (tertiary/aromatic N) is 2. The fourth-order valence-electron chi connectivity index (χ4n) is 0.863. The summed E-state index contributed by atoms with van der Waals surface area (Å²) in [4.78, 5) is 2.12. The van der Waals surface area contributed by atoms with Gasteiger partial charge in [0.05, 0.1) is 0 Å². The van der Waals surface area contributed by atoms with Crippen LogP contribution in [0.15, 0.2) is 5.10 Å².